The fourth-order valence-corrected chi connectivity index (χ4v) is 1.50. The van der Waals surface area contributed by atoms with E-state index in [4.69, 9.17) is 4.74 Å². The molecule has 1 heteroatoms. The molecule has 0 heterocycles. The van der Waals surface area contributed by atoms with E-state index in [1.165, 1.54) is 11.1 Å². The van der Waals surface area contributed by atoms with Gasteiger partial charge in [-0.25, -0.2) is 0 Å². The smallest absolute Gasteiger partial charge is 0.119 e. The number of methoxy groups -OCH3 is 1. The van der Waals surface area contributed by atoms with Crippen molar-refractivity contribution in [3.05, 3.63) is 42.0 Å². The van der Waals surface area contributed by atoms with E-state index in [1.807, 2.05) is 6.08 Å². The van der Waals surface area contributed by atoms with Gasteiger partial charge in [0.25, 0.3) is 0 Å². The maximum atomic E-state index is 5.31. The number of benzene rings is 1. The SMILES string of the molecule is C=CC(C)c1cc(OC)cc(C(C)C)c1. The van der Waals surface area contributed by atoms with Crippen molar-refractivity contribution in [1.29, 1.82) is 0 Å². The third kappa shape index (κ3) is 2.85. The molecule has 1 atom stereocenters. The molecular weight excluding hydrogens is 184 g/mol. The number of ether oxygens (including phenoxy) is 1. The summed E-state index contributed by atoms with van der Waals surface area (Å²) in [6, 6.07) is 6.42. The standard InChI is InChI=1S/C14H20O/c1-6-11(4)13-7-12(10(2)3)8-14(9-13)15-5/h6-11H,1H2,2-5H3. The molecule has 0 saturated carbocycles. The average molecular weight is 204 g/mol. The minimum absolute atomic E-state index is 0.373. The van der Waals surface area contributed by atoms with Crippen LogP contribution in [-0.2, 0) is 0 Å². The van der Waals surface area contributed by atoms with Crippen LogP contribution in [0.25, 0.3) is 0 Å². The molecule has 1 nitrogen and oxygen atoms in total. The molecule has 1 aromatic rings. The first-order chi connectivity index (χ1) is 7.08. The lowest BCUT2D eigenvalue weighted by Crippen LogP contribution is -1.96. The molecule has 0 aliphatic rings. The Morgan fingerprint density at radius 3 is 2.20 bits per heavy atom. The van der Waals surface area contributed by atoms with E-state index in [0.717, 1.165) is 5.75 Å². The first-order valence-electron chi connectivity index (χ1n) is 5.40. The van der Waals surface area contributed by atoms with E-state index in [9.17, 15) is 0 Å². The molecule has 0 spiro atoms. The van der Waals surface area contributed by atoms with Crippen LogP contribution in [0, 0.1) is 0 Å². The Morgan fingerprint density at radius 2 is 1.73 bits per heavy atom. The van der Waals surface area contributed by atoms with Crippen LogP contribution in [0.1, 0.15) is 43.7 Å². The Kier molecular flexibility index (Phi) is 3.96. The molecule has 0 saturated heterocycles. The van der Waals surface area contributed by atoms with E-state index in [-0.39, 0.29) is 0 Å². The number of hydrogen-bond acceptors (Lipinski definition) is 1. The van der Waals surface area contributed by atoms with Crippen LogP contribution in [0.4, 0.5) is 0 Å². The maximum Gasteiger partial charge on any atom is 0.119 e. The molecule has 1 aromatic carbocycles. The van der Waals surface area contributed by atoms with Crippen LogP contribution in [0.3, 0.4) is 0 Å². The monoisotopic (exact) mass is 204 g/mol. The quantitative estimate of drug-likeness (QED) is 0.671. The molecule has 0 aromatic heterocycles. The van der Waals surface area contributed by atoms with Crippen LogP contribution in [-0.4, -0.2) is 7.11 Å². The maximum absolute atomic E-state index is 5.31. The highest BCUT2D eigenvalue weighted by atomic mass is 16.5. The Hall–Kier alpha value is -1.24. The molecule has 0 fully saturated rings. The van der Waals surface area contributed by atoms with Crippen molar-refractivity contribution in [1.82, 2.24) is 0 Å². The first kappa shape index (κ1) is 11.8. The number of allylic oxidation sites excluding steroid dienone is 1. The Labute approximate surface area is 92.8 Å². The van der Waals surface area contributed by atoms with Gasteiger partial charge in [-0.2, -0.15) is 0 Å². The summed E-state index contributed by atoms with van der Waals surface area (Å²) in [5.74, 6) is 1.83. The van der Waals surface area contributed by atoms with Gasteiger partial charge >= 0.3 is 0 Å². The molecule has 82 valence electrons. The van der Waals surface area contributed by atoms with Crippen molar-refractivity contribution in [2.75, 3.05) is 7.11 Å². The van der Waals surface area contributed by atoms with Gasteiger partial charge in [-0.3, -0.25) is 0 Å². The first-order valence-corrected chi connectivity index (χ1v) is 5.40. The van der Waals surface area contributed by atoms with Gasteiger partial charge in [0, 0.05) is 0 Å². The van der Waals surface area contributed by atoms with Crippen LogP contribution < -0.4 is 4.74 Å². The summed E-state index contributed by atoms with van der Waals surface area (Å²) < 4.78 is 5.31. The van der Waals surface area contributed by atoms with Crippen LogP contribution in [0.5, 0.6) is 5.75 Å². The number of hydrogen-bond donors (Lipinski definition) is 0. The van der Waals surface area contributed by atoms with Gasteiger partial charge < -0.3 is 4.74 Å². The molecular formula is C14H20O. The zero-order chi connectivity index (χ0) is 11.4. The molecule has 15 heavy (non-hydrogen) atoms. The highest BCUT2D eigenvalue weighted by Crippen LogP contribution is 2.27. The van der Waals surface area contributed by atoms with Gasteiger partial charge in [-0.1, -0.05) is 32.9 Å². The highest BCUT2D eigenvalue weighted by molar-refractivity contribution is 5.38. The lowest BCUT2D eigenvalue weighted by molar-refractivity contribution is 0.413. The van der Waals surface area contributed by atoms with Gasteiger partial charge in [-0.15, -0.1) is 6.58 Å². The fraction of sp³-hybridized carbons (Fsp3) is 0.429. The Balaban J connectivity index is 3.16. The van der Waals surface area contributed by atoms with Crippen molar-refractivity contribution >= 4 is 0 Å². The van der Waals surface area contributed by atoms with Crippen molar-refractivity contribution in [3.8, 4) is 5.75 Å². The third-order valence-electron chi connectivity index (χ3n) is 2.73. The van der Waals surface area contributed by atoms with Gasteiger partial charge in [0.05, 0.1) is 7.11 Å². The summed E-state index contributed by atoms with van der Waals surface area (Å²) in [5.41, 5.74) is 2.59. The largest absolute Gasteiger partial charge is 0.497 e. The van der Waals surface area contributed by atoms with Gasteiger partial charge in [0.15, 0.2) is 0 Å². The summed E-state index contributed by atoms with van der Waals surface area (Å²) in [7, 11) is 1.71. The third-order valence-corrected chi connectivity index (χ3v) is 2.73. The molecule has 0 aliphatic heterocycles. The highest BCUT2D eigenvalue weighted by Gasteiger charge is 2.07. The normalized spacial score (nSPS) is 12.6. The minimum atomic E-state index is 0.373. The molecule has 0 bridgehead atoms. The van der Waals surface area contributed by atoms with Crippen LogP contribution in [0.2, 0.25) is 0 Å². The molecule has 1 unspecified atom stereocenters. The van der Waals surface area contributed by atoms with E-state index in [2.05, 4.69) is 45.5 Å². The topological polar surface area (TPSA) is 9.23 Å². The second-order valence-electron chi connectivity index (χ2n) is 4.22. The Bertz CT molecular complexity index is 339. The van der Waals surface area contributed by atoms with E-state index in [1.54, 1.807) is 7.11 Å². The van der Waals surface area contributed by atoms with Crippen molar-refractivity contribution in [3.63, 3.8) is 0 Å². The minimum Gasteiger partial charge on any atom is -0.497 e. The fourth-order valence-electron chi connectivity index (χ4n) is 1.50. The number of rotatable bonds is 4. The molecule has 1 rings (SSSR count). The lowest BCUT2D eigenvalue weighted by Gasteiger charge is -2.13. The predicted molar refractivity (Wildman–Crippen MR) is 65.7 cm³/mol. The summed E-state index contributed by atoms with van der Waals surface area (Å²) in [4.78, 5) is 0. The van der Waals surface area contributed by atoms with E-state index >= 15 is 0 Å². The van der Waals surface area contributed by atoms with Gasteiger partial charge in [-0.05, 0) is 35.1 Å². The molecule has 0 N–H and O–H groups in total. The summed E-state index contributed by atoms with van der Waals surface area (Å²) in [6.07, 6.45) is 1.96. The van der Waals surface area contributed by atoms with E-state index in [0.29, 0.717) is 11.8 Å². The second kappa shape index (κ2) is 5.01. The van der Waals surface area contributed by atoms with Crippen molar-refractivity contribution < 1.29 is 4.74 Å². The van der Waals surface area contributed by atoms with Gasteiger partial charge in [0.1, 0.15) is 5.75 Å². The van der Waals surface area contributed by atoms with Crippen LogP contribution >= 0.6 is 0 Å². The zero-order valence-corrected chi connectivity index (χ0v) is 10.1. The predicted octanol–water partition coefficient (Wildman–Crippen LogP) is 4.11. The summed E-state index contributed by atoms with van der Waals surface area (Å²) >= 11 is 0. The second-order valence-corrected chi connectivity index (χ2v) is 4.22. The zero-order valence-electron chi connectivity index (χ0n) is 10.1. The molecule has 0 aliphatic carbocycles. The van der Waals surface area contributed by atoms with Crippen LogP contribution in [0.15, 0.2) is 30.9 Å². The van der Waals surface area contributed by atoms with Gasteiger partial charge in [0.2, 0.25) is 0 Å². The van der Waals surface area contributed by atoms with Crippen molar-refractivity contribution in [2.45, 2.75) is 32.6 Å². The van der Waals surface area contributed by atoms with E-state index < -0.39 is 0 Å². The average Bonchev–Trinajstić information content (AvgIpc) is 2.27. The van der Waals surface area contributed by atoms with Crippen molar-refractivity contribution in [2.24, 2.45) is 0 Å². The molecule has 0 amide bonds. The summed E-state index contributed by atoms with van der Waals surface area (Å²) in [6.45, 7) is 10.4. The lowest BCUT2D eigenvalue weighted by atomic mass is 9.94. The molecule has 0 radical (unpaired) electrons. The summed E-state index contributed by atoms with van der Waals surface area (Å²) in [5, 5.41) is 0. The Morgan fingerprint density at radius 1 is 1.13 bits per heavy atom.